The number of aromatic amines is 1. The normalized spacial score (nSPS) is 20.6. The van der Waals surface area contributed by atoms with Crippen LogP contribution < -0.4 is 10.6 Å². The first-order chi connectivity index (χ1) is 6.75. The van der Waals surface area contributed by atoms with Crippen LogP contribution in [0.1, 0.15) is 17.0 Å². The zero-order chi connectivity index (χ0) is 9.97. The van der Waals surface area contributed by atoms with Crippen LogP contribution in [-0.2, 0) is 4.79 Å². The number of aromatic nitrogens is 3. The van der Waals surface area contributed by atoms with Gasteiger partial charge in [-0.15, -0.1) is 0 Å². The molecule has 0 radical (unpaired) electrons. The molecule has 1 aromatic heterocycles. The molecule has 1 aliphatic heterocycles. The van der Waals surface area contributed by atoms with E-state index in [4.69, 9.17) is 0 Å². The molecule has 7 nitrogen and oxygen atoms in total. The van der Waals surface area contributed by atoms with Crippen LogP contribution in [0.15, 0.2) is 6.33 Å². The third-order valence-corrected chi connectivity index (χ3v) is 1.94. The lowest BCUT2D eigenvalue weighted by molar-refractivity contribution is -0.119. The van der Waals surface area contributed by atoms with Crippen molar-refractivity contribution in [3.8, 4) is 0 Å². The quantitative estimate of drug-likeness (QED) is 0.530. The van der Waals surface area contributed by atoms with Gasteiger partial charge in [0.1, 0.15) is 6.33 Å². The van der Waals surface area contributed by atoms with Crippen LogP contribution in [0.4, 0.5) is 0 Å². The van der Waals surface area contributed by atoms with E-state index in [1.165, 1.54) is 6.33 Å². The summed E-state index contributed by atoms with van der Waals surface area (Å²) in [4.78, 5) is 25.9. The molecule has 1 saturated heterocycles. The lowest BCUT2D eigenvalue weighted by atomic mass is 10.2. The van der Waals surface area contributed by atoms with E-state index < -0.39 is 0 Å². The van der Waals surface area contributed by atoms with Crippen molar-refractivity contribution in [2.75, 3.05) is 6.54 Å². The molecule has 0 aromatic carbocycles. The van der Waals surface area contributed by atoms with Crippen LogP contribution >= 0.6 is 0 Å². The SMILES string of the molecule is O=C1CC(NC(=O)c2ncn[nH]2)CN1. The maximum Gasteiger partial charge on any atom is 0.288 e. The minimum Gasteiger partial charge on any atom is -0.354 e. The molecule has 2 heterocycles. The van der Waals surface area contributed by atoms with E-state index in [9.17, 15) is 9.59 Å². The average Bonchev–Trinajstić information content (AvgIpc) is 2.75. The van der Waals surface area contributed by atoms with E-state index in [0.717, 1.165) is 0 Å². The maximum absolute atomic E-state index is 11.4. The number of nitrogens with one attached hydrogen (secondary N) is 3. The zero-order valence-electron chi connectivity index (χ0n) is 7.28. The molecule has 2 rings (SSSR count). The zero-order valence-corrected chi connectivity index (χ0v) is 7.28. The van der Waals surface area contributed by atoms with Crippen molar-refractivity contribution >= 4 is 11.8 Å². The molecule has 0 aliphatic carbocycles. The minimum atomic E-state index is -0.344. The first kappa shape index (κ1) is 8.67. The van der Waals surface area contributed by atoms with Gasteiger partial charge >= 0.3 is 0 Å². The predicted octanol–water partition coefficient (Wildman–Crippen LogP) is -1.58. The van der Waals surface area contributed by atoms with Crippen LogP contribution in [0.2, 0.25) is 0 Å². The Labute approximate surface area is 79.3 Å². The molecule has 7 heteroatoms. The van der Waals surface area contributed by atoms with E-state index >= 15 is 0 Å². The maximum atomic E-state index is 11.4. The molecule has 14 heavy (non-hydrogen) atoms. The van der Waals surface area contributed by atoms with Gasteiger partial charge in [-0.1, -0.05) is 0 Å². The average molecular weight is 195 g/mol. The molecular formula is C7H9N5O2. The molecule has 1 aromatic rings. The number of hydrogen-bond acceptors (Lipinski definition) is 4. The van der Waals surface area contributed by atoms with Gasteiger partial charge in [0.05, 0.1) is 6.04 Å². The van der Waals surface area contributed by atoms with E-state index in [0.29, 0.717) is 13.0 Å². The third kappa shape index (κ3) is 1.70. The highest BCUT2D eigenvalue weighted by atomic mass is 16.2. The van der Waals surface area contributed by atoms with Crippen LogP contribution in [0.25, 0.3) is 0 Å². The second kappa shape index (κ2) is 3.44. The largest absolute Gasteiger partial charge is 0.354 e. The van der Waals surface area contributed by atoms with Gasteiger partial charge in [0, 0.05) is 13.0 Å². The van der Waals surface area contributed by atoms with Crippen molar-refractivity contribution in [1.82, 2.24) is 25.8 Å². The first-order valence-electron chi connectivity index (χ1n) is 4.18. The monoisotopic (exact) mass is 195 g/mol. The van der Waals surface area contributed by atoms with Crippen LogP contribution in [0, 0.1) is 0 Å². The molecule has 1 atom stereocenters. The summed E-state index contributed by atoms with van der Waals surface area (Å²) in [6, 6.07) is -0.153. The highest BCUT2D eigenvalue weighted by molar-refractivity contribution is 5.91. The first-order valence-corrected chi connectivity index (χ1v) is 4.18. The van der Waals surface area contributed by atoms with Crippen molar-refractivity contribution < 1.29 is 9.59 Å². The number of carbonyl (C=O) groups excluding carboxylic acids is 2. The van der Waals surface area contributed by atoms with E-state index in [2.05, 4.69) is 25.8 Å². The Morgan fingerprint density at radius 2 is 2.50 bits per heavy atom. The van der Waals surface area contributed by atoms with Gasteiger partial charge in [-0.05, 0) is 0 Å². The Bertz CT molecular complexity index is 347. The molecule has 3 N–H and O–H groups in total. The molecule has 2 amide bonds. The minimum absolute atomic E-state index is 0.0483. The fraction of sp³-hybridized carbons (Fsp3) is 0.429. The smallest absolute Gasteiger partial charge is 0.288 e. The van der Waals surface area contributed by atoms with Crippen LogP contribution in [-0.4, -0.2) is 39.6 Å². The molecule has 1 fully saturated rings. The van der Waals surface area contributed by atoms with E-state index in [1.54, 1.807) is 0 Å². The molecule has 0 bridgehead atoms. The van der Waals surface area contributed by atoms with Crippen LogP contribution in [0.3, 0.4) is 0 Å². The van der Waals surface area contributed by atoms with Crippen molar-refractivity contribution in [2.24, 2.45) is 0 Å². The number of amides is 2. The van der Waals surface area contributed by atoms with E-state index in [-0.39, 0.29) is 23.7 Å². The van der Waals surface area contributed by atoms with Crippen molar-refractivity contribution in [2.45, 2.75) is 12.5 Å². The Morgan fingerprint density at radius 1 is 1.64 bits per heavy atom. The Balaban J connectivity index is 1.92. The standard InChI is InChI=1S/C7H9N5O2/c13-5-1-4(2-8-5)11-7(14)6-9-3-10-12-6/h3-4H,1-2H2,(H,8,13)(H,11,14)(H,9,10,12). The van der Waals surface area contributed by atoms with Gasteiger partial charge in [-0.3, -0.25) is 14.7 Å². The predicted molar refractivity (Wildman–Crippen MR) is 45.3 cm³/mol. The van der Waals surface area contributed by atoms with Gasteiger partial charge in [-0.2, -0.15) is 5.10 Å². The summed E-state index contributed by atoms with van der Waals surface area (Å²) >= 11 is 0. The number of hydrogen-bond donors (Lipinski definition) is 3. The van der Waals surface area contributed by atoms with E-state index in [1.807, 2.05) is 0 Å². The molecule has 1 aliphatic rings. The highest BCUT2D eigenvalue weighted by Gasteiger charge is 2.23. The fourth-order valence-electron chi connectivity index (χ4n) is 1.28. The number of rotatable bonds is 2. The topological polar surface area (TPSA) is 99.8 Å². The Hall–Kier alpha value is -1.92. The van der Waals surface area contributed by atoms with Gasteiger partial charge < -0.3 is 10.6 Å². The number of H-pyrrole nitrogens is 1. The second-order valence-corrected chi connectivity index (χ2v) is 3.01. The molecule has 0 spiro atoms. The summed E-state index contributed by atoms with van der Waals surface area (Å²) in [5.41, 5.74) is 0. The lowest BCUT2D eigenvalue weighted by Crippen LogP contribution is -2.36. The Kier molecular flexibility index (Phi) is 2.13. The van der Waals surface area contributed by atoms with Gasteiger partial charge in [0.25, 0.3) is 5.91 Å². The number of carbonyl (C=O) groups is 2. The molecule has 1 unspecified atom stereocenters. The fourth-order valence-corrected chi connectivity index (χ4v) is 1.28. The summed E-state index contributed by atoms with van der Waals surface area (Å²) in [7, 11) is 0. The van der Waals surface area contributed by atoms with Gasteiger partial charge in [-0.25, -0.2) is 4.98 Å². The number of nitrogens with zero attached hydrogens (tertiary/aromatic N) is 2. The second-order valence-electron chi connectivity index (χ2n) is 3.01. The summed E-state index contributed by atoms with van der Waals surface area (Å²) in [6.07, 6.45) is 1.58. The third-order valence-electron chi connectivity index (χ3n) is 1.94. The van der Waals surface area contributed by atoms with Crippen molar-refractivity contribution in [3.63, 3.8) is 0 Å². The summed E-state index contributed by atoms with van der Waals surface area (Å²) in [5.74, 6) is -0.235. The summed E-state index contributed by atoms with van der Waals surface area (Å²) in [5, 5.41) is 11.3. The van der Waals surface area contributed by atoms with Crippen molar-refractivity contribution in [3.05, 3.63) is 12.2 Å². The lowest BCUT2D eigenvalue weighted by Gasteiger charge is -2.07. The van der Waals surface area contributed by atoms with Crippen LogP contribution in [0.5, 0.6) is 0 Å². The molecular weight excluding hydrogens is 186 g/mol. The Morgan fingerprint density at radius 3 is 3.07 bits per heavy atom. The molecule has 0 saturated carbocycles. The highest BCUT2D eigenvalue weighted by Crippen LogP contribution is 1.99. The van der Waals surface area contributed by atoms with Crippen molar-refractivity contribution in [1.29, 1.82) is 0 Å². The van der Waals surface area contributed by atoms with Gasteiger partial charge in [0.15, 0.2) is 0 Å². The molecule has 74 valence electrons. The van der Waals surface area contributed by atoms with Gasteiger partial charge in [0.2, 0.25) is 11.7 Å². The summed E-state index contributed by atoms with van der Waals surface area (Å²) < 4.78 is 0. The summed E-state index contributed by atoms with van der Waals surface area (Å²) in [6.45, 7) is 0.471.